The quantitative estimate of drug-likeness (QED) is 0.872. The second kappa shape index (κ2) is 7.41. The number of piperazine rings is 1. The highest BCUT2D eigenvalue weighted by Crippen LogP contribution is 2.18. The second-order valence-corrected chi connectivity index (χ2v) is 5.67. The van der Waals surface area contributed by atoms with Crippen molar-refractivity contribution >= 4 is 0 Å². The van der Waals surface area contributed by atoms with Crippen molar-refractivity contribution in [3.8, 4) is 11.8 Å². The van der Waals surface area contributed by atoms with E-state index in [1.807, 2.05) is 18.2 Å². The fraction of sp³-hybridized carbons (Fsp3) is 0.562. The summed E-state index contributed by atoms with van der Waals surface area (Å²) in [6, 6.07) is 8.46. The Balaban J connectivity index is 1.87. The van der Waals surface area contributed by atoms with E-state index in [1.54, 1.807) is 7.11 Å². The Morgan fingerprint density at radius 1 is 1.38 bits per heavy atom. The van der Waals surface area contributed by atoms with Crippen molar-refractivity contribution < 1.29 is 4.74 Å². The lowest BCUT2D eigenvalue weighted by molar-refractivity contribution is 0.113. The Labute approximate surface area is 127 Å². The fourth-order valence-electron chi connectivity index (χ4n) is 2.66. The summed E-state index contributed by atoms with van der Waals surface area (Å²) in [5.41, 5.74) is 1.70. The molecule has 1 aromatic rings. The van der Waals surface area contributed by atoms with E-state index in [2.05, 4.69) is 35.3 Å². The van der Waals surface area contributed by atoms with Gasteiger partial charge in [0.05, 0.1) is 12.7 Å². The summed E-state index contributed by atoms with van der Waals surface area (Å²) < 4.78 is 5.16. The van der Waals surface area contributed by atoms with Gasteiger partial charge in [0.2, 0.25) is 0 Å². The van der Waals surface area contributed by atoms with E-state index >= 15 is 0 Å². The molecular formula is C16H24N4O. The minimum Gasteiger partial charge on any atom is -0.495 e. The molecule has 1 atom stereocenters. The topological polar surface area (TPSA) is 51.5 Å². The lowest BCUT2D eigenvalue weighted by Gasteiger charge is -2.37. The predicted molar refractivity (Wildman–Crippen MR) is 83.3 cm³/mol. The average Bonchev–Trinajstić information content (AvgIpc) is 2.50. The SMILES string of the molecule is COc1ccc(CNCC2CN(C)CCN2C)cc1C#N. The Kier molecular flexibility index (Phi) is 5.57. The molecule has 5 heteroatoms. The van der Waals surface area contributed by atoms with Crippen molar-refractivity contribution in [2.75, 3.05) is 47.4 Å². The van der Waals surface area contributed by atoms with E-state index in [0.29, 0.717) is 17.4 Å². The predicted octanol–water partition coefficient (Wildman–Crippen LogP) is 0.902. The molecule has 114 valence electrons. The van der Waals surface area contributed by atoms with Crippen molar-refractivity contribution in [1.29, 1.82) is 5.26 Å². The van der Waals surface area contributed by atoms with Gasteiger partial charge in [-0.2, -0.15) is 5.26 Å². The molecule has 0 spiro atoms. The standard InChI is InChI=1S/C16H24N4O/c1-19-6-7-20(2)15(12-19)11-18-10-13-4-5-16(21-3)14(8-13)9-17/h4-5,8,15,18H,6-7,10-12H2,1-3H3. The summed E-state index contributed by atoms with van der Waals surface area (Å²) in [7, 11) is 5.94. The average molecular weight is 288 g/mol. The summed E-state index contributed by atoms with van der Waals surface area (Å²) in [6.45, 7) is 5.07. The molecule has 1 unspecified atom stereocenters. The largest absolute Gasteiger partial charge is 0.495 e. The molecule has 0 aliphatic carbocycles. The molecule has 1 aliphatic rings. The summed E-state index contributed by atoms with van der Waals surface area (Å²) in [5, 5.41) is 12.6. The Bertz CT molecular complexity index is 511. The number of hydrogen-bond acceptors (Lipinski definition) is 5. The van der Waals surface area contributed by atoms with Crippen LogP contribution in [0.2, 0.25) is 0 Å². The van der Waals surface area contributed by atoms with Crippen molar-refractivity contribution in [2.45, 2.75) is 12.6 Å². The zero-order chi connectivity index (χ0) is 15.2. The van der Waals surface area contributed by atoms with E-state index in [-0.39, 0.29) is 0 Å². The van der Waals surface area contributed by atoms with Crippen LogP contribution in [-0.4, -0.2) is 63.2 Å². The van der Waals surface area contributed by atoms with Crippen LogP contribution < -0.4 is 10.1 Å². The van der Waals surface area contributed by atoms with Crippen LogP contribution in [0.25, 0.3) is 0 Å². The molecule has 0 saturated carbocycles. The molecule has 1 aromatic carbocycles. The first-order chi connectivity index (χ1) is 10.1. The summed E-state index contributed by atoms with van der Waals surface area (Å²) in [6.07, 6.45) is 0. The molecule has 2 rings (SSSR count). The van der Waals surface area contributed by atoms with E-state index < -0.39 is 0 Å². The number of benzene rings is 1. The summed E-state index contributed by atoms with van der Waals surface area (Å²) >= 11 is 0. The van der Waals surface area contributed by atoms with Crippen LogP contribution in [0.15, 0.2) is 18.2 Å². The highest BCUT2D eigenvalue weighted by Gasteiger charge is 2.21. The van der Waals surface area contributed by atoms with Crippen LogP contribution in [0.3, 0.4) is 0 Å². The van der Waals surface area contributed by atoms with E-state index in [9.17, 15) is 0 Å². The van der Waals surface area contributed by atoms with Crippen molar-refractivity contribution in [3.05, 3.63) is 29.3 Å². The second-order valence-electron chi connectivity index (χ2n) is 5.67. The number of nitrogens with one attached hydrogen (secondary N) is 1. The maximum absolute atomic E-state index is 9.10. The molecule has 1 aliphatic heterocycles. The third-order valence-corrected chi connectivity index (χ3v) is 4.07. The molecule has 1 N–H and O–H groups in total. The van der Waals surface area contributed by atoms with Gasteiger partial charge in [-0.25, -0.2) is 0 Å². The van der Waals surface area contributed by atoms with Gasteiger partial charge in [-0.3, -0.25) is 4.90 Å². The van der Waals surface area contributed by atoms with Crippen LogP contribution in [0.5, 0.6) is 5.75 Å². The first-order valence-electron chi connectivity index (χ1n) is 7.30. The fourth-order valence-corrected chi connectivity index (χ4v) is 2.66. The number of ether oxygens (including phenoxy) is 1. The van der Waals surface area contributed by atoms with Crippen LogP contribution in [0, 0.1) is 11.3 Å². The monoisotopic (exact) mass is 288 g/mol. The first kappa shape index (κ1) is 15.8. The number of nitrogens with zero attached hydrogens (tertiary/aromatic N) is 3. The third-order valence-electron chi connectivity index (χ3n) is 4.07. The third kappa shape index (κ3) is 4.18. The van der Waals surface area contributed by atoms with Gasteiger partial charge in [-0.05, 0) is 31.8 Å². The number of nitriles is 1. The van der Waals surface area contributed by atoms with Gasteiger partial charge in [0.15, 0.2) is 0 Å². The van der Waals surface area contributed by atoms with Crippen LogP contribution in [0.1, 0.15) is 11.1 Å². The summed E-state index contributed by atoms with van der Waals surface area (Å²) in [4.78, 5) is 4.77. The zero-order valence-corrected chi connectivity index (χ0v) is 13.1. The molecule has 0 amide bonds. The molecule has 0 radical (unpaired) electrons. The molecule has 0 aromatic heterocycles. The lowest BCUT2D eigenvalue weighted by Crippen LogP contribution is -2.53. The maximum atomic E-state index is 9.10. The highest BCUT2D eigenvalue weighted by atomic mass is 16.5. The maximum Gasteiger partial charge on any atom is 0.136 e. The van der Waals surface area contributed by atoms with Gasteiger partial charge in [0.1, 0.15) is 11.8 Å². The van der Waals surface area contributed by atoms with Gasteiger partial charge >= 0.3 is 0 Å². The normalized spacial score (nSPS) is 20.2. The smallest absolute Gasteiger partial charge is 0.136 e. The van der Waals surface area contributed by atoms with Crippen LogP contribution in [-0.2, 0) is 6.54 Å². The van der Waals surface area contributed by atoms with Gasteiger partial charge in [0.25, 0.3) is 0 Å². The highest BCUT2D eigenvalue weighted by molar-refractivity contribution is 5.45. The van der Waals surface area contributed by atoms with Crippen molar-refractivity contribution in [3.63, 3.8) is 0 Å². The van der Waals surface area contributed by atoms with Gasteiger partial charge in [-0.1, -0.05) is 6.07 Å². The van der Waals surface area contributed by atoms with Crippen molar-refractivity contribution in [1.82, 2.24) is 15.1 Å². The first-order valence-corrected chi connectivity index (χ1v) is 7.30. The number of methoxy groups -OCH3 is 1. The van der Waals surface area contributed by atoms with Gasteiger partial charge in [-0.15, -0.1) is 0 Å². The number of likely N-dealkylation sites (N-methyl/N-ethyl adjacent to an activating group) is 2. The van der Waals surface area contributed by atoms with Crippen LogP contribution in [0.4, 0.5) is 0 Å². The lowest BCUT2D eigenvalue weighted by atomic mass is 10.1. The Morgan fingerprint density at radius 3 is 2.90 bits per heavy atom. The van der Waals surface area contributed by atoms with Crippen LogP contribution >= 0.6 is 0 Å². The number of rotatable bonds is 5. The van der Waals surface area contributed by atoms with Crippen molar-refractivity contribution in [2.24, 2.45) is 0 Å². The molecular weight excluding hydrogens is 264 g/mol. The van der Waals surface area contributed by atoms with Gasteiger partial charge in [0, 0.05) is 38.8 Å². The van der Waals surface area contributed by atoms with E-state index in [4.69, 9.17) is 10.00 Å². The molecule has 1 heterocycles. The molecule has 5 nitrogen and oxygen atoms in total. The minimum atomic E-state index is 0.539. The number of hydrogen-bond donors (Lipinski definition) is 1. The molecule has 1 saturated heterocycles. The van der Waals surface area contributed by atoms with E-state index in [1.165, 1.54) is 0 Å². The minimum absolute atomic E-state index is 0.539. The zero-order valence-electron chi connectivity index (χ0n) is 13.1. The Morgan fingerprint density at radius 2 is 2.19 bits per heavy atom. The molecule has 1 fully saturated rings. The van der Waals surface area contributed by atoms with Gasteiger partial charge < -0.3 is 15.0 Å². The molecule has 21 heavy (non-hydrogen) atoms. The molecule has 0 bridgehead atoms. The Hall–Kier alpha value is -1.61. The summed E-state index contributed by atoms with van der Waals surface area (Å²) in [5.74, 6) is 0.634. The van der Waals surface area contributed by atoms with E-state index in [0.717, 1.165) is 38.3 Å².